The second kappa shape index (κ2) is 7.18. The number of ether oxygens (including phenoxy) is 1. The van der Waals surface area contributed by atoms with Gasteiger partial charge in [-0.2, -0.15) is 0 Å². The summed E-state index contributed by atoms with van der Waals surface area (Å²) in [6, 6.07) is 12.1. The standard InChI is InChI=1S/C17H19F2NO/c1-12(2)20-10-13-5-3-7-15(9-13)21-11-14-6-4-8-16(18)17(14)19/h3-9,12,20H,10-11H2,1-2H3. The van der Waals surface area contributed by atoms with Gasteiger partial charge in [0.1, 0.15) is 12.4 Å². The number of halogens is 2. The Morgan fingerprint density at radius 2 is 1.86 bits per heavy atom. The Labute approximate surface area is 123 Å². The quantitative estimate of drug-likeness (QED) is 0.867. The normalized spacial score (nSPS) is 10.9. The first-order chi connectivity index (χ1) is 10.1. The molecule has 0 amide bonds. The summed E-state index contributed by atoms with van der Waals surface area (Å²) in [5.41, 5.74) is 1.29. The van der Waals surface area contributed by atoms with E-state index >= 15 is 0 Å². The number of rotatable bonds is 6. The topological polar surface area (TPSA) is 21.3 Å². The summed E-state index contributed by atoms with van der Waals surface area (Å²) in [5, 5.41) is 3.31. The van der Waals surface area contributed by atoms with E-state index in [1.165, 1.54) is 12.1 Å². The molecule has 1 N–H and O–H groups in total. The fourth-order valence-electron chi connectivity index (χ4n) is 1.89. The van der Waals surface area contributed by atoms with Crippen molar-refractivity contribution in [2.75, 3.05) is 0 Å². The Morgan fingerprint density at radius 1 is 1.10 bits per heavy atom. The minimum atomic E-state index is -0.856. The van der Waals surface area contributed by atoms with Crippen molar-refractivity contribution in [3.63, 3.8) is 0 Å². The Bertz CT molecular complexity index is 599. The molecular weight excluding hydrogens is 272 g/mol. The summed E-state index contributed by atoms with van der Waals surface area (Å²) >= 11 is 0. The van der Waals surface area contributed by atoms with Crippen LogP contribution in [0.3, 0.4) is 0 Å². The van der Waals surface area contributed by atoms with Gasteiger partial charge in [0.05, 0.1) is 0 Å². The van der Waals surface area contributed by atoms with Gasteiger partial charge in [-0.1, -0.05) is 38.1 Å². The van der Waals surface area contributed by atoms with Crippen LogP contribution in [-0.2, 0) is 13.2 Å². The van der Waals surface area contributed by atoms with E-state index in [4.69, 9.17) is 4.74 Å². The highest BCUT2D eigenvalue weighted by molar-refractivity contribution is 5.29. The molecule has 4 heteroatoms. The maximum absolute atomic E-state index is 13.5. The van der Waals surface area contributed by atoms with Crippen molar-refractivity contribution in [2.45, 2.75) is 33.0 Å². The lowest BCUT2D eigenvalue weighted by molar-refractivity contribution is 0.297. The Hall–Kier alpha value is -1.94. The van der Waals surface area contributed by atoms with Crippen LogP contribution < -0.4 is 10.1 Å². The second-order valence-corrected chi connectivity index (χ2v) is 5.18. The van der Waals surface area contributed by atoms with Crippen LogP contribution in [0.5, 0.6) is 5.75 Å². The van der Waals surface area contributed by atoms with E-state index in [1.807, 2.05) is 18.2 Å². The summed E-state index contributed by atoms with van der Waals surface area (Å²) < 4.78 is 32.2. The van der Waals surface area contributed by atoms with Crippen LogP contribution in [-0.4, -0.2) is 6.04 Å². The van der Waals surface area contributed by atoms with Crippen molar-refractivity contribution in [2.24, 2.45) is 0 Å². The number of hydrogen-bond acceptors (Lipinski definition) is 2. The minimum absolute atomic E-state index is 0.00462. The highest BCUT2D eigenvalue weighted by atomic mass is 19.2. The third kappa shape index (κ3) is 4.53. The van der Waals surface area contributed by atoms with E-state index in [1.54, 1.807) is 6.07 Å². The van der Waals surface area contributed by atoms with E-state index in [0.717, 1.165) is 18.2 Å². The predicted octanol–water partition coefficient (Wildman–Crippen LogP) is 4.04. The van der Waals surface area contributed by atoms with Gasteiger partial charge < -0.3 is 10.1 Å². The van der Waals surface area contributed by atoms with E-state index in [-0.39, 0.29) is 12.2 Å². The van der Waals surface area contributed by atoms with Crippen LogP contribution >= 0.6 is 0 Å². The average Bonchev–Trinajstić information content (AvgIpc) is 2.47. The molecule has 0 aliphatic rings. The van der Waals surface area contributed by atoms with Gasteiger partial charge in [0.2, 0.25) is 0 Å². The van der Waals surface area contributed by atoms with Crippen molar-refractivity contribution in [3.05, 3.63) is 65.2 Å². The smallest absolute Gasteiger partial charge is 0.165 e. The van der Waals surface area contributed by atoms with Crippen molar-refractivity contribution in [1.82, 2.24) is 5.32 Å². The molecule has 0 radical (unpaired) electrons. The monoisotopic (exact) mass is 291 g/mol. The van der Waals surface area contributed by atoms with Crippen LogP contribution in [0.15, 0.2) is 42.5 Å². The van der Waals surface area contributed by atoms with Crippen molar-refractivity contribution in [3.8, 4) is 5.75 Å². The third-order valence-corrected chi connectivity index (χ3v) is 3.04. The summed E-state index contributed by atoms with van der Waals surface area (Å²) in [6.07, 6.45) is 0. The van der Waals surface area contributed by atoms with Crippen molar-refractivity contribution >= 4 is 0 Å². The maximum Gasteiger partial charge on any atom is 0.165 e. The molecule has 21 heavy (non-hydrogen) atoms. The van der Waals surface area contributed by atoms with E-state index in [2.05, 4.69) is 19.2 Å². The largest absolute Gasteiger partial charge is 0.489 e. The molecule has 2 rings (SSSR count). The fourth-order valence-corrected chi connectivity index (χ4v) is 1.89. The maximum atomic E-state index is 13.5. The van der Waals surface area contributed by atoms with Gasteiger partial charge in [-0.3, -0.25) is 0 Å². The molecule has 2 aromatic rings. The third-order valence-electron chi connectivity index (χ3n) is 3.04. The zero-order valence-corrected chi connectivity index (χ0v) is 12.2. The first-order valence-corrected chi connectivity index (χ1v) is 6.94. The summed E-state index contributed by atoms with van der Waals surface area (Å²) in [7, 11) is 0. The van der Waals surface area contributed by atoms with Gasteiger partial charge in [-0.05, 0) is 23.8 Å². The molecule has 0 heterocycles. The van der Waals surface area contributed by atoms with E-state index in [0.29, 0.717) is 11.8 Å². The Morgan fingerprint density at radius 3 is 2.62 bits per heavy atom. The molecule has 0 atom stereocenters. The minimum Gasteiger partial charge on any atom is -0.489 e. The first-order valence-electron chi connectivity index (χ1n) is 6.94. The SMILES string of the molecule is CC(C)NCc1cccc(OCc2cccc(F)c2F)c1. The molecule has 0 aromatic heterocycles. The molecule has 0 saturated carbocycles. The number of nitrogens with one attached hydrogen (secondary N) is 1. The lowest BCUT2D eigenvalue weighted by atomic mass is 10.2. The van der Waals surface area contributed by atoms with Gasteiger partial charge in [0.15, 0.2) is 11.6 Å². The lowest BCUT2D eigenvalue weighted by Gasteiger charge is -2.11. The van der Waals surface area contributed by atoms with Crippen LogP contribution in [0.4, 0.5) is 8.78 Å². The molecule has 2 aromatic carbocycles. The molecule has 112 valence electrons. The highest BCUT2D eigenvalue weighted by Crippen LogP contribution is 2.17. The summed E-state index contributed by atoms with van der Waals surface area (Å²) in [6.45, 7) is 4.90. The molecule has 0 saturated heterocycles. The summed E-state index contributed by atoms with van der Waals surface area (Å²) in [5.74, 6) is -1.07. The Kier molecular flexibility index (Phi) is 5.28. The molecule has 0 bridgehead atoms. The molecule has 2 nitrogen and oxygen atoms in total. The molecular formula is C17H19F2NO. The van der Waals surface area contributed by atoms with Crippen LogP contribution in [0.2, 0.25) is 0 Å². The van der Waals surface area contributed by atoms with Crippen LogP contribution in [0.1, 0.15) is 25.0 Å². The number of benzene rings is 2. The summed E-state index contributed by atoms with van der Waals surface area (Å²) in [4.78, 5) is 0. The highest BCUT2D eigenvalue weighted by Gasteiger charge is 2.08. The van der Waals surface area contributed by atoms with E-state index < -0.39 is 11.6 Å². The second-order valence-electron chi connectivity index (χ2n) is 5.18. The van der Waals surface area contributed by atoms with Crippen molar-refractivity contribution < 1.29 is 13.5 Å². The zero-order valence-electron chi connectivity index (χ0n) is 12.2. The predicted molar refractivity (Wildman–Crippen MR) is 79.1 cm³/mol. The van der Waals surface area contributed by atoms with Crippen LogP contribution in [0.25, 0.3) is 0 Å². The molecule has 0 fully saturated rings. The fraction of sp³-hybridized carbons (Fsp3) is 0.294. The lowest BCUT2D eigenvalue weighted by Crippen LogP contribution is -2.21. The van der Waals surface area contributed by atoms with Gasteiger partial charge in [-0.25, -0.2) is 8.78 Å². The van der Waals surface area contributed by atoms with Crippen molar-refractivity contribution in [1.29, 1.82) is 0 Å². The average molecular weight is 291 g/mol. The van der Waals surface area contributed by atoms with Gasteiger partial charge in [-0.15, -0.1) is 0 Å². The molecule has 0 aliphatic heterocycles. The van der Waals surface area contributed by atoms with Gasteiger partial charge in [0, 0.05) is 18.2 Å². The van der Waals surface area contributed by atoms with Gasteiger partial charge >= 0.3 is 0 Å². The van der Waals surface area contributed by atoms with E-state index in [9.17, 15) is 8.78 Å². The first kappa shape index (κ1) is 15.4. The Balaban J connectivity index is 2.00. The molecule has 0 spiro atoms. The number of hydrogen-bond donors (Lipinski definition) is 1. The van der Waals surface area contributed by atoms with Gasteiger partial charge in [0.25, 0.3) is 0 Å². The molecule has 0 unspecified atom stereocenters. The molecule has 0 aliphatic carbocycles. The zero-order chi connectivity index (χ0) is 15.2. The van der Waals surface area contributed by atoms with Crippen LogP contribution in [0, 0.1) is 11.6 Å².